The molecule has 35 heavy (non-hydrogen) atoms. The van der Waals surface area contributed by atoms with Crippen LogP contribution in [-0.2, 0) is 16.4 Å². The number of piperidine rings is 2. The Morgan fingerprint density at radius 1 is 0.886 bits per heavy atom. The van der Waals surface area contributed by atoms with E-state index in [1.165, 1.54) is 9.87 Å². The van der Waals surface area contributed by atoms with Crippen LogP contribution in [-0.4, -0.2) is 59.9 Å². The number of amides is 1. The molecule has 0 N–H and O–H groups in total. The van der Waals surface area contributed by atoms with Crippen molar-refractivity contribution >= 4 is 15.9 Å². The molecule has 0 saturated carbocycles. The molecular formula is C26H30N4O4S. The second-order valence-electron chi connectivity index (χ2n) is 9.33. The summed E-state index contributed by atoms with van der Waals surface area (Å²) in [6.45, 7) is 2.44. The molecule has 3 aromatic rings. The molecule has 0 atom stereocenters. The Balaban J connectivity index is 1.20. The van der Waals surface area contributed by atoms with Crippen LogP contribution in [0.25, 0.3) is 11.5 Å². The minimum Gasteiger partial charge on any atom is -0.412 e. The van der Waals surface area contributed by atoms with E-state index in [0.717, 1.165) is 38.5 Å². The predicted molar refractivity (Wildman–Crippen MR) is 131 cm³/mol. The van der Waals surface area contributed by atoms with Gasteiger partial charge in [-0.15, -0.1) is 10.2 Å². The van der Waals surface area contributed by atoms with E-state index >= 15 is 0 Å². The van der Waals surface area contributed by atoms with Crippen LogP contribution >= 0.6 is 0 Å². The van der Waals surface area contributed by atoms with Gasteiger partial charge in [-0.3, -0.25) is 4.79 Å². The van der Waals surface area contributed by atoms with Crippen LogP contribution < -0.4 is 0 Å². The molecule has 9 heteroatoms. The van der Waals surface area contributed by atoms with Crippen molar-refractivity contribution in [3.63, 3.8) is 0 Å². The first kappa shape index (κ1) is 23.7. The Morgan fingerprint density at radius 3 is 2.26 bits per heavy atom. The lowest BCUT2D eigenvalue weighted by Gasteiger charge is -2.31. The summed E-state index contributed by atoms with van der Waals surface area (Å²) in [5.74, 6) is 0.464. The summed E-state index contributed by atoms with van der Waals surface area (Å²) in [6.07, 6.45) is 5.75. The first-order valence-electron chi connectivity index (χ1n) is 12.3. The Kier molecular flexibility index (Phi) is 6.97. The van der Waals surface area contributed by atoms with E-state index in [1.807, 2.05) is 6.07 Å². The van der Waals surface area contributed by atoms with E-state index in [2.05, 4.69) is 34.5 Å². The highest BCUT2D eigenvalue weighted by atomic mass is 32.2. The van der Waals surface area contributed by atoms with E-state index in [9.17, 15) is 13.2 Å². The summed E-state index contributed by atoms with van der Waals surface area (Å²) in [7, 11) is -3.50. The van der Waals surface area contributed by atoms with Crippen LogP contribution in [0.1, 0.15) is 48.4 Å². The molecule has 0 unspecified atom stereocenters. The van der Waals surface area contributed by atoms with E-state index in [4.69, 9.17) is 4.42 Å². The van der Waals surface area contributed by atoms with Crippen molar-refractivity contribution in [2.24, 2.45) is 5.92 Å². The number of hydrogen-bond acceptors (Lipinski definition) is 6. The first-order valence-corrected chi connectivity index (χ1v) is 13.7. The summed E-state index contributed by atoms with van der Waals surface area (Å²) in [6, 6.07) is 16.8. The highest BCUT2D eigenvalue weighted by molar-refractivity contribution is 7.89. The van der Waals surface area contributed by atoms with Gasteiger partial charge in [-0.1, -0.05) is 36.8 Å². The Bertz CT molecular complexity index is 1240. The molecule has 2 aromatic carbocycles. The molecule has 5 rings (SSSR count). The van der Waals surface area contributed by atoms with Crippen LogP contribution in [0.2, 0.25) is 0 Å². The van der Waals surface area contributed by atoms with E-state index < -0.39 is 10.0 Å². The summed E-state index contributed by atoms with van der Waals surface area (Å²) in [4.78, 5) is 14.9. The van der Waals surface area contributed by atoms with Crippen molar-refractivity contribution in [1.82, 2.24) is 19.4 Å². The molecule has 0 aliphatic carbocycles. The van der Waals surface area contributed by atoms with Crippen LogP contribution in [0.15, 0.2) is 63.9 Å². The molecule has 0 spiro atoms. The number of nitrogens with zero attached hydrogens (tertiary/aromatic N) is 4. The molecule has 3 heterocycles. The maximum absolute atomic E-state index is 12.9. The van der Waals surface area contributed by atoms with Crippen molar-refractivity contribution < 1.29 is 17.6 Å². The van der Waals surface area contributed by atoms with Crippen molar-refractivity contribution in [3.05, 3.63) is 66.1 Å². The van der Waals surface area contributed by atoms with Gasteiger partial charge in [-0.2, -0.15) is 4.31 Å². The smallest absolute Gasteiger partial charge is 0.311 e. The molecule has 2 fully saturated rings. The number of aromatic nitrogens is 2. The Morgan fingerprint density at radius 2 is 1.57 bits per heavy atom. The summed E-state index contributed by atoms with van der Waals surface area (Å²) in [5, 5.41) is 8.00. The van der Waals surface area contributed by atoms with Crippen molar-refractivity contribution in [1.29, 1.82) is 0 Å². The van der Waals surface area contributed by atoms with Gasteiger partial charge in [-0.25, -0.2) is 8.42 Å². The van der Waals surface area contributed by atoms with Gasteiger partial charge in [0.25, 0.3) is 0 Å². The van der Waals surface area contributed by atoms with Gasteiger partial charge >= 0.3 is 11.8 Å². The van der Waals surface area contributed by atoms with Gasteiger partial charge < -0.3 is 9.32 Å². The number of carbonyl (C=O) groups excluding carboxylic acids is 1. The van der Waals surface area contributed by atoms with E-state index in [0.29, 0.717) is 37.7 Å². The van der Waals surface area contributed by atoms with Gasteiger partial charge in [0, 0.05) is 31.7 Å². The lowest BCUT2D eigenvalue weighted by atomic mass is 9.90. The lowest BCUT2D eigenvalue weighted by molar-refractivity contribution is 0.0651. The molecule has 1 amide bonds. The minimum atomic E-state index is -3.50. The number of hydrogen-bond donors (Lipinski definition) is 0. The monoisotopic (exact) mass is 494 g/mol. The van der Waals surface area contributed by atoms with Crippen molar-refractivity contribution in [2.45, 2.75) is 43.4 Å². The summed E-state index contributed by atoms with van der Waals surface area (Å²) >= 11 is 0. The first-order chi connectivity index (χ1) is 17.0. The maximum Gasteiger partial charge on any atom is 0.311 e. The fraction of sp³-hybridized carbons (Fsp3) is 0.423. The fourth-order valence-corrected chi connectivity index (χ4v) is 6.39. The number of sulfonamides is 1. The topological polar surface area (TPSA) is 96.6 Å². The Hall–Kier alpha value is -3.04. The van der Waals surface area contributed by atoms with Crippen LogP contribution in [0.5, 0.6) is 0 Å². The van der Waals surface area contributed by atoms with Crippen LogP contribution in [0, 0.1) is 5.92 Å². The average Bonchev–Trinajstić information content (AvgIpc) is 3.40. The number of benzene rings is 2. The minimum absolute atomic E-state index is 0.0356. The molecular weight excluding hydrogens is 464 g/mol. The second kappa shape index (κ2) is 10.3. The lowest BCUT2D eigenvalue weighted by Crippen LogP contribution is -2.39. The largest absolute Gasteiger partial charge is 0.412 e. The summed E-state index contributed by atoms with van der Waals surface area (Å²) < 4.78 is 32.9. The number of likely N-dealkylation sites (tertiary alicyclic amines) is 1. The number of rotatable bonds is 6. The average molecular weight is 495 g/mol. The van der Waals surface area contributed by atoms with Crippen molar-refractivity contribution in [2.75, 3.05) is 26.2 Å². The van der Waals surface area contributed by atoms with E-state index in [-0.39, 0.29) is 22.6 Å². The fourth-order valence-electron chi connectivity index (χ4n) is 4.87. The molecule has 2 aliphatic heterocycles. The zero-order valence-electron chi connectivity index (χ0n) is 19.7. The van der Waals surface area contributed by atoms with E-state index in [1.54, 1.807) is 29.2 Å². The van der Waals surface area contributed by atoms with Gasteiger partial charge in [0.2, 0.25) is 15.9 Å². The third-order valence-electron chi connectivity index (χ3n) is 6.93. The van der Waals surface area contributed by atoms with Crippen molar-refractivity contribution in [3.8, 4) is 11.5 Å². The molecule has 2 saturated heterocycles. The molecule has 0 radical (unpaired) electrons. The quantitative estimate of drug-likeness (QED) is 0.514. The zero-order chi connectivity index (χ0) is 24.3. The molecule has 2 aliphatic rings. The van der Waals surface area contributed by atoms with Gasteiger partial charge in [-0.05, 0) is 67.9 Å². The van der Waals surface area contributed by atoms with Crippen LogP contribution in [0.4, 0.5) is 0 Å². The van der Waals surface area contributed by atoms with Crippen LogP contribution in [0.3, 0.4) is 0 Å². The highest BCUT2D eigenvalue weighted by Gasteiger charge is 2.28. The summed E-state index contributed by atoms with van der Waals surface area (Å²) in [5.41, 5.74) is 1.91. The maximum atomic E-state index is 12.9. The molecule has 184 valence electrons. The molecule has 1 aromatic heterocycles. The standard InChI is InChI=1S/C26H30N4O4S/c31-26(29-17-13-21(14-18-29)19-20-7-3-1-4-8-20)25-28-27-24(34-25)22-9-11-23(12-10-22)35(32,33)30-15-5-2-6-16-30/h1,3-4,7-12,21H,2,5-6,13-19H2. The highest BCUT2D eigenvalue weighted by Crippen LogP contribution is 2.26. The third-order valence-corrected chi connectivity index (χ3v) is 8.84. The SMILES string of the molecule is O=C(c1nnc(-c2ccc(S(=O)(=O)N3CCCCC3)cc2)o1)N1CCC(Cc2ccccc2)CC1. The Labute approximate surface area is 206 Å². The van der Waals surface area contributed by atoms with Gasteiger partial charge in [0.1, 0.15) is 0 Å². The molecule has 8 nitrogen and oxygen atoms in total. The normalized spacial score (nSPS) is 18.0. The van der Waals surface area contributed by atoms with Gasteiger partial charge in [0.15, 0.2) is 0 Å². The molecule has 0 bridgehead atoms. The zero-order valence-corrected chi connectivity index (χ0v) is 20.5. The predicted octanol–water partition coefficient (Wildman–Crippen LogP) is 4.01. The van der Waals surface area contributed by atoms with Gasteiger partial charge in [0.05, 0.1) is 4.90 Å². The number of carbonyl (C=O) groups is 1. The second-order valence-corrected chi connectivity index (χ2v) is 11.3. The third kappa shape index (κ3) is 5.31.